The Morgan fingerprint density at radius 1 is 1.54 bits per heavy atom. The Balaban J connectivity index is 2.27. The number of aliphatic hydroxyl groups excluding tert-OH is 1. The molecule has 0 spiro atoms. The van der Waals surface area contributed by atoms with Crippen molar-refractivity contribution in [1.82, 2.24) is 0 Å². The van der Waals surface area contributed by atoms with Crippen molar-refractivity contribution in [3.63, 3.8) is 0 Å². The van der Waals surface area contributed by atoms with Crippen molar-refractivity contribution in [3.8, 4) is 11.8 Å². The van der Waals surface area contributed by atoms with Crippen LogP contribution in [0.1, 0.15) is 39.0 Å². The van der Waals surface area contributed by atoms with E-state index in [4.69, 9.17) is 4.74 Å². The normalized spacial score (nSPS) is 27.8. The van der Waals surface area contributed by atoms with Crippen molar-refractivity contribution < 1.29 is 9.84 Å². The highest BCUT2D eigenvalue weighted by Crippen LogP contribution is 2.12. The fourth-order valence-electron chi connectivity index (χ4n) is 1.34. The van der Waals surface area contributed by atoms with E-state index in [-0.39, 0.29) is 12.2 Å². The molecule has 0 aliphatic carbocycles. The molecule has 2 nitrogen and oxygen atoms in total. The van der Waals surface area contributed by atoms with E-state index in [9.17, 15) is 5.11 Å². The Kier molecular flexibility index (Phi) is 4.88. The summed E-state index contributed by atoms with van der Waals surface area (Å²) in [5.41, 5.74) is 0. The predicted molar refractivity (Wildman–Crippen MR) is 52.3 cm³/mol. The van der Waals surface area contributed by atoms with Gasteiger partial charge in [-0.3, -0.25) is 0 Å². The van der Waals surface area contributed by atoms with Crippen molar-refractivity contribution in [3.05, 3.63) is 0 Å². The summed E-state index contributed by atoms with van der Waals surface area (Å²) < 4.78 is 5.35. The molecule has 0 radical (unpaired) electrons. The largest absolute Gasteiger partial charge is 0.389 e. The minimum atomic E-state index is -0.372. The lowest BCUT2D eigenvalue weighted by molar-refractivity contribution is -0.0434. The van der Waals surface area contributed by atoms with Crippen LogP contribution in [0.4, 0.5) is 0 Å². The van der Waals surface area contributed by atoms with Crippen LogP contribution in [-0.2, 0) is 4.74 Å². The molecular weight excluding hydrogens is 164 g/mol. The minimum absolute atomic E-state index is 0.231. The van der Waals surface area contributed by atoms with Gasteiger partial charge in [0.15, 0.2) is 0 Å². The Hall–Kier alpha value is -0.520. The third kappa shape index (κ3) is 3.80. The van der Waals surface area contributed by atoms with Gasteiger partial charge in [-0.25, -0.2) is 0 Å². The van der Waals surface area contributed by atoms with Crippen LogP contribution in [0, 0.1) is 11.8 Å². The number of hydrogen-bond acceptors (Lipinski definition) is 2. The lowest BCUT2D eigenvalue weighted by Crippen LogP contribution is -2.32. The van der Waals surface area contributed by atoms with Crippen LogP contribution < -0.4 is 0 Å². The maximum atomic E-state index is 9.50. The van der Waals surface area contributed by atoms with Crippen LogP contribution in [0.25, 0.3) is 0 Å². The van der Waals surface area contributed by atoms with Crippen LogP contribution in [0.3, 0.4) is 0 Å². The summed E-state index contributed by atoms with van der Waals surface area (Å²) in [7, 11) is 0. The van der Waals surface area contributed by atoms with E-state index in [0.717, 1.165) is 32.3 Å². The molecule has 0 amide bonds. The Morgan fingerprint density at radius 2 is 2.38 bits per heavy atom. The molecule has 1 fully saturated rings. The summed E-state index contributed by atoms with van der Waals surface area (Å²) in [4.78, 5) is 0. The predicted octanol–water partition coefficient (Wildman–Crippen LogP) is 1.72. The topological polar surface area (TPSA) is 29.5 Å². The zero-order chi connectivity index (χ0) is 9.52. The maximum absolute atomic E-state index is 9.50. The lowest BCUT2D eigenvalue weighted by atomic mass is 10.1. The van der Waals surface area contributed by atoms with E-state index in [1.54, 1.807) is 0 Å². The second-order valence-electron chi connectivity index (χ2n) is 3.43. The average Bonchev–Trinajstić information content (AvgIpc) is 2.15. The van der Waals surface area contributed by atoms with Crippen LogP contribution in [0.2, 0.25) is 0 Å². The van der Waals surface area contributed by atoms with Gasteiger partial charge in [-0.05, 0) is 19.3 Å². The van der Waals surface area contributed by atoms with Gasteiger partial charge in [-0.1, -0.05) is 19.3 Å². The SMILES string of the molecule is CCCCC#C[C@@H]1OCCC[C@H]1O. The third-order valence-corrected chi connectivity index (χ3v) is 2.19. The number of aliphatic hydroxyl groups is 1. The highest BCUT2D eigenvalue weighted by Gasteiger charge is 2.21. The van der Waals surface area contributed by atoms with Crippen LogP contribution in [0.5, 0.6) is 0 Å². The van der Waals surface area contributed by atoms with Gasteiger partial charge in [-0.2, -0.15) is 0 Å². The first-order valence-electron chi connectivity index (χ1n) is 5.12. The van der Waals surface area contributed by atoms with E-state index < -0.39 is 0 Å². The Bertz CT molecular complexity index is 190. The number of ether oxygens (including phenoxy) is 1. The van der Waals surface area contributed by atoms with Gasteiger partial charge in [0.2, 0.25) is 0 Å². The monoisotopic (exact) mass is 182 g/mol. The molecule has 0 aromatic heterocycles. The van der Waals surface area contributed by atoms with E-state index in [0.29, 0.717) is 0 Å². The standard InChI is InChI=1S/C11H18O2/c1-2-3-4-5-8-11-10(12)7-6-9-13-11/h10-12H,2-4,6-7,9H2,1H3/t10-,11+/m1/s1. The molecule has 13 heavy (non-hydrogen) atoms. The second-order valence-corrected chi connectivity index (χ2v) is 3.43. The number of unbranched alkanes of at least 4 members (excludes halogenated alkanes) is 2. The molecule has 1 aliphatic rings. The van der Waals surface area contributed by atoms with Gasteiger partial charge in [0.25, 0.3) is 0 Å². The highest BCUT2D eigenvalue weighted by atomic mass is 16.5. The van der Waals surface area contributed by atoms with Crippen molar-refractivity contribution in [2.45, 2.75) is 51.2 Å². The van der Waals surface area contributed by atoms with Gasteiger partial charge in [0, 0.05) is 13.0 Å². The van der Waals surface area contributed by atoms with Crippen molar-refractivity contribution in [2.75, 3.05) is 6.61 Å². The Morgan fingerprint density at radius 3 is 3.08 bits per heavy atom. The zero-order valence-corrected chi connectivity index (χ0v) is 8.25. The van der Waals surface area contributed by atoms with E-state index >= 15 is 0 Å². The molecule has 0 bridgehead atoms. The van der Waals surface area contributed by atoms with E-state index in [2.05, 4.69) is 18.8 Å². The molecule has 1 rings (SSSR count). The zero-order valence-electron chi connectivity index (χ0n) is 8.25. The summed E-state index contributed by atoms with van der Waals surface area (Å²) in [6.07, 6.45) is 4.40. The molecule has 0 aromatic carbocycles. The molecule has 1 heterocycles. The molecule has 74 valence electrons. The fourth-order valence-corrected chi connectivity index (χ4v) is 1.34. The van der Waals surface area contributed by atoms with Gasteiger partial charge < -0.3 is 9.84 Å². The molecule has 0 aromatic rings. The summed E-state index contributed by atoms with van der Waals surface area (Å²) in [5, 5.41) is 9.50. The molecule has 0 saturated carbocycles. The van der Waals surface area contributed by atoms with E-state index in [1.165, 1.54) is 6.42 Å². The minimum Gasteiger partial charge on any atom is -0.389 e. The molecule has 1 saturated heterocycles. The second kappa shape index (κ2) is 6.01. The molecule has 2 heteroatoms. The van der Waals surface area contributed by atoms with Gasteiger partial charge in [-0.15, -0.1) is 5.92 Å². The third-order valence-electron chi connectivity index (χ3n) is 2.19. The molecular formula is C11H18O2. The first-order valence-corrected chi connectivity index (χ1v) is 5.12. The number of rotatable bonds is 2. The quantitative estimate of drug-likeness (QED) is 0.520. The molecule has 1 N–H and O–H groups in total. The van der Waals surface area contributed by atoms with E-state index in [1.807, 2.05) is 0 Å². The van der Waals surface area contributed by atoms with Crippen LogP contribution in [0.15, 0.2) is 0 Å². The Labute approximate surface area is 80.3 Å². The van der Waals surface area contributed by atoms with Crippen molar-refractivity contribution >= 4 is 0 Å². The molecule has 0 unspecified atom stereocenters. The molecule has 2 atom stereocenters. The van der Waals surface area contributed by atoms with Crippen LogP contribution in [-0.4, -0.2) is 23.9 Å². The maximum Gasteiger partial charge on any atom is 0.143 e. The molecule has 1 aliphatic heterocycles. The average molecular weight is 182 g/mol. The summed E-state index contributed by atoms with van der Waals surface area (Å²) >= 11 is 0. The van der Waals surface area contributed by atoms with Crippen LogP contribution >= 0.6 is 0 Å². The fraction of sp³-hybridized carbons (Fsp3) is 0.818. The van der Waals surface area contributed by atoms with Gasteiger partial charge in [0.05, 0.1) is 6.10 Å². The van der Waals surface area contributed by atoms with Crippen molar-refractivity contribution in [1.29, 1.82) is 0 Å². The summed E-state index contributed by atoms with van der Waals surface area (Å²) in [6, 6.07) is 0. The first-order chi connectivity index (χ1) is 6.34. The van der Waals surface area contributed by atoms with Crippen molar-refractivity contribution in [2.24, 2.45) is 0 Å². The summed E-state index contributed by atoms with van der Waals surface area (Å²) in [6.45, 7) is 2.89. The number of hydrogen-bond donors (Lipinski definition) is 1. The van der Waals surface area contributed by atoms with Gasteiger partial charge >= 0.3 is 0 Å². The lowest BCUT2D eigenvalue weighted by Gasteiger charge is -2.23. The smallest absolute Gasteiger partial charge is 0.143 e. The first kappa shape index (κ1) is 10.6. The highest BCUT2D eigenvalue weighted by molar-refractivity contribution is 5.08. The summed E-state index contributed by atoms with van der Waals surface area (Å²) in [5.74, 6) is 6.04. The van der Waals surface area contributed by atoms with Gasteiger partial charge in [0.1, 0.15) is 6.10 Å².